The van der Waals surface area contributed by atoms with Crippen LogP contribution in [0, 0.1) is 6.92 Å². The van der Waals surface area contributed by atoms with Crippen LogP contribution >= 0.6 is 0 Å². The Bertz CT molecular complexity index is 512. The molecule has 0 saturated carbocycles. The molecule has 3 N–H and O–H groups in total. The molecular weight excluding hydrogens is 358 g/mol. The van der Waals surface area contributed by atoms with Gasteiger partial charge in [0.2, 0.25) is 0 Å². The molecule has 4 heteroatoms. The van der Waals surface area contributed by atoms with E-state index >= 15 is 0 Å². The van der Waals surface area contributed by atoms with Crippen molar-refractivity contribution in [3.63, 3.8) is 0 Å². The Morgan fingerprint density at radius 3 is 1.66 bits per heavy atom. The molecule has 1 unspecified atom stereocenters. The van der Waals surface area contributed by atoms with Crippen molar-refractivity contribution in [3.8, 4) is 0 Å². The summed E-state index contributed by atoms with van der Waals surface area (Å²) >= 11 is 0. The predicted molar refractivity (Wildman–Crippen MR) is 125 cm³/mol. The smallest absolute Gasteiger partial charge is 0.110 e. The maximum absolute atomic E-state index is 9.64. The Balaban J connectivity index is 2.04. The molecule has 0 fully saturated rings. The quantitative estimate of drug-likeness (QED) is 0.243. The van der Waals surface area contributed by atoms with Gasteiger partial charge in [-0.1, -0.05) is 104 Å². The second-order valence-corrected chi connectivity index (χ2v) is 8.76. The topological polar surface area (TPSA) is 64.1 Å². The van der Waals surface area contributed by atoms with Crippen LogP contribution in [0.25, 0.3) is 0 Å². The number of aliphatic hydroxyl groups is 1. The fourth-order valence-corrected chi connectivity index (χ4v) is 4.24. The van der Waals surface area contributed by atoms with Gasteiger partial charge in [-0.25, -0.2) is 4.98 Å². The summed E-state index contributed by atoms with van der Waals surface area (Å²) in [6, 6.07) is 0. The van der Waals surface area contributed by atoms with E-state index in [4.69, 9.17) is 5.73 Å². The molecule has 0 amide bonds. The van der Waals surface area contributed by atoms with Crippen molar-refractivity contribution in [1.82, 2.24) is 9.55 Å². The van der Waals surface area contributed by atoms with Crippen LogP contribution in [0.4, 0.5) is 0 Å². The molecule has 0 aromatic carbocycles. The zero-order valence-corrected chi connectivity index (χ0v) is 19.7. The standard InChI is InChI=1S/C25H49N3O/c1-4-6-7-8-9-10-11-12-13-14-15-16-17-18-19-20-25-27-22(3)23(21-29)28(25)24(26)5-2/h24,29H,4-21,26H2,1-3H3. The van der Waals surface area contributed by atoms with E-state index in [0.717, 1.165) is 36.5 Å². The van der Waals surface area contributed by atoms with Crippen molar-refractivity contribution in [2.75, 3.05) is 0 Å². The summed E-state index contributed by atoms with van der Waals surface area (Å²) in [4.78, 5) is 4.68. The lowest BCUT2D eigenvalue weighted by Crippen LogP contribution is -2.22. The molecule has 29 heavy (non-hydrogen) atoms. The number of aromatic nitrogens is 2. The Labute approximate surface area is 180 Å². The molecule has 0 aliphatic carbocycles. The van der Waals surface area contributed by atoms with Crippen LogP contribution in [0.15, 0.2) is 0 Å². The minimum Gasteiger partial charge on any atom is -0.390 e. The zero-order valence-electron chi connectivity index (χ0n) is 19.7. The van der Waals surface area contributed by atoms with Gasteiger partial charge in [-0.05, 0) is 19.8 Å². The molecule has 4 nitrogen and oxygen atoms in total. The molecule has 1 heterocycles. The third kappa shape index (κ3) is 10.6. The molecule has 1 aromatic rings. The largest absolute Gasteiger partial charge is 0.390 e. The number of unbranched alkanes of at least 4 members (excludes halogenated alkanes) is 14. The summed E-state index contributed by atoms with van der Waals surface area (Å²) in [6.45, 7) is 6.36. The lowest BCUT2D eigenvalue weighted by atomic mass is 10.0. The van der Waals surface area contributed by atoms with Gasteiger partial charge >= 0.3 is 0 Å². The maximum atomic E-state index is 9.64. The molecule has 0 bridgehead atoms. The molecule has 0 radical (unpaired) electrons. The Kier molecular flexibility index (Phi) is 15.2. The van der Waals surface area contributed by atoms with Crippen LogP contribution in [-0.4, -0.2) is 14.7 Å². The van der Waals surface area contributed by atoms with Gasteiger partial charge in [0.15, 0.2) is 0 Å². The molecule has 0 spiro atoms. The highest BCUT2D eigenvalue weighted by Crippen LogP contribution is 2.20. The first-order valence-electron chi connectivity index (χ1n) is 12.6. The fourth-order valence-electron chi connectivity index (χ4n) is 4.24. The number of hydrogen-bond donors (Lipinski definition) is 2. The summed E-state index contributed by atoms with van der Waals surface area (Å²) in [5, 5.41) is 9.64. The second-order valence-electron chi connectivity index (χ2n) is 8.76. The highest BCUT2D eigenvalue weighted by Gasteiger charge is 2.17. The third-order valence-corrected chi connectivity index (χ3v) is 6.19. The summed E-state index contributed by atoms with van der Waals surface area (Å²) in [5.74, 6) is 1.05. The first-order chi connectivity index (χ1) is 14.2. The second kappa shape index (κ2) is 16.9. The van der Waals surface area contributed by atoms with Crippen molar-refractivity contribution in [2.45, 2.75) is 143 Å². The zero-order chi connectivity index (χ0) is 21.3. The molecule has 0 saturated heterocycles. The molecule has 1 aromatic heterocycles. The van der Waals surface area contributed by atoms with Crippen LogP contribution in [0.5, 0.6) is 0 Å². The van der Waals surface area contributed by atoms with E-state index in [2.05, 4.69) is 23.4 Å². The van der Waals surface area contributed by atoms with Crippen LogP contribution in [0.3, 0.4) is 0 Å². The first-order valence-corrected chi connectivity index (χ1v) is 12.6. The van der Waals surface area contributed by atoms with E-state index < -0.39 is 0 Å². The normalized spacial score (nSPS) is 12.6. The lowest BCUT2D eigenvalue weighted by molar-refractivity contribution is 0.263. The Morgan fingerprint density at radius 2 is 1.24 bits per heavy atom. The van der Waals surface area contributed by atoms with Gasteiger partial charge < -0.3 is 15.4 Å². The minimum absolute atomic E-state index is 0.0192. The number of imidazole rings is 1. The van der Waals surface area contributed by atoms with Crippen LogP contribution in [-0.2, 0) is 13.0 Å². The van der Waals surface area contributed by atoms with Crippen molar-refractivity contribution < 1.29 is 5.11 Å². The third-order valence-electron chi connectivity index (χ3n) is 6.19. The first kappa shape index (κ1) is 26.2. The van der Waals surface area contributed by atoms with Crippen molar-refractivity contribution in [2.24, 2.45) is 5.73 Å². The van der Waals surface area contributed by atoms with Gasteiger partial charge in [0.05, 0.1) is 24.2 Å². The number of nitrogens with zero attached hydrogens (tertiary/aromatic N) is 2. The number of hydrogen-bond acceptors (Lipinski definition) is 3. The van der Waals surface area contributed by atoms with E-state index in [1.807, 2.05) is 6.92 Å². The number of aryl methyl sites for hydroxylation is 2. The van der Waals surface area contributed by atoms with Gasteiger partial charge in [0.1, 0.15) is 5.82 Å². The summed E-state index contributed by atoms with van der Waals surface area (Å²) in [7, 11) is 0. The van der Waals surface area contributed by atoms with Gasteiger partial charge in [0, 0.05) is 6.42 Å². The monoisotopic (exact) mass is 407 g/mol. The number of aliphatic hydroxyl groups excluding tert-OH is 1. The molecule has 1 atom stereocenters. The molecule has 0 aliphatic heterocycles. The summed E-state index contributed by atoms with van der Waals surface area (Å²) in [5.41, 5.74) is 8.06. The molecule has 1 rings (SSSR count). The summed E-state index contributed by atoms with van der Waals surface area (Å²) in [6.07, 6.45) is 22.5. The van der Waals surface area contributed by atoms with Gasteiger partial charge in [-0.15, -0.1) is 0 Å². The summed E-state index contributed by atoms with van der Waals surface area (Å²) < 4.78 is 2.07. The van der Waals surface area contributed by atoms with E-state index in [9.17, 15) is 5.11 Å². The number of rotatable bonds is 19. The van der Waals surface area contributed by atoms with Gasteiger partial charge in [-0.2, -0.15) is 0 Å². The van der Waals surface area contributed by atoms with Crippen molar-refractivity contribution in [1.29, 1.82) is 0 Å². The van der Waals surface area contributed by atoms with E-state index in [-0.39, 0.29) is 12.8 Å². The minimum atomic E-state index is -0.0790. The van der Waals surface area contributed by atoms with Gasteiger partial charge in [-0.3, -0.25) is 0 Å². The molecule has 170 valence electrons. The fraction of sp³-hybridized carbons (Fsp3) is 0.880. The van der Waals surface area contributed by atoms with Crippen molar-refractivity contribution >= 4 is 0 Å². The highest BCUT2D eigenvalue weighted by molar-refractivity contribution is 5.16. The Morgan fingerprint density at radius 1 is 0.793 bits per heavy atom. The van der Waals surface area contributed by atoms with Gasteiger partial charge in [0.25, 0.3) is 0 Å². The highest BCUT2D eigenvalue weighted by atomic mass is 16.3. The maximum Gasteiger partial charge on any atom is 0.110 e. The predicted octanol–water partition coefficient (Wildman–Crippen LogP) is 6.97. The number of nitrogens with two attached hydrogens (primary N) is 1. The average molecular weight is 408 g/mol. The lowest BCUT2D eigenvalue weighted by Gasteiger charge is -2.17. The SMILES string of the molecule is CCCCCCCCCCCCCCCCCc1nc(C)c(CO)n1C(N)CC. The van der Waals surface area contributed by atoms with Crippen LogP contribution in [0.1, 0.15) is 140 Å². The van der Waals surface area contributed by atoms with E-state index in [1.54, 1.807) is 0 Å². The Hall–Kier alpha value is -0.870. The van der Waals surface area contributed by atoms with E-state index in [1.165, 1.54) is 89.9 Å². The van der Waals surface area contributed by atoms with Crippen molar-refractivity contribution in [3.05, 3.63) is 17.2 Å². The van der Waals surface area contributed by atoms with E-state index in [0.29, 0.717) is 0 Å². The molecular formula is C25H49N3O. The average Bonchev–Trinajstić information content (AvgIpc) is 3.05. The molecule has 0 aliphatic rings. The van der Waals surface area contributed by atoms with Crippen LogP contribution in [0.2, 0.25) is 0 Å². The van der Waals surface area contributed by atoms with Crippen LogP contribution < -0.4 is 5.73 Å².